The van der Waals surface area contributed by atoms with E-state index in [4.69, 9.17) is 4.84 Å². The fourth-order valence-electron chi connectivity index (χ4n) is 4.33. The number of fused-ring (bicyclic) bond motifs is 3. The number of carbonyl (C=O) groups is 3. The molecular weight excluding hydrogens is 358 g/mol. The molecule has 2 aromatic carbocycles. The molecule has 0 saturated carbocycles. The number of carbonyl (C=O) groups excluding carboxylic acids is 3. The van der Waals surface area contributed by atoms with Gasteiger partial charge in [-0.2, -0.15) is 0 Å². The Balaban J connectivity index is 1.28. The lowest BCUT2D eigenvalue weighted by Crippen LogP contribution is -2.40. The van der Waals surface area contributed by atoms with Gasteiger partial charge in [-0.3, -0.25) is 4.79 Å². The first kappa shape index (κ1) is 16.8. The molecule has 2 aromatic rings. The van der Waals surface area contributed by atoms with Crippen molar-refractivity contribution in [3.63, 3.8) is 0 Å². The van der Waals surface area contributed by atoms with E-state index < -0.39 is 24.1 Å². The van der Waals surface area contributed by atoms with Crippen LogP contribution in [0.15, 0.2) is 48.5 Å². The van der Waals surface area contributed by atoms with Crippen LogP contribution in [0, 0.1) is 0 Å². The first-order valence-electron chi connectivity index (χ1n) is 9.39. The van der Waals surface area contributed by atoms with E-state index in [0.29, 0.717) is 18.0 Å². The maximum atomic E-state index is 12.7. The highest BCUT2D eigenvalue weighted by atomic mass is 16.7. The van der Waals surface area contributed by atoms with E-state index in [-0.39, 0.29) is 6.04 Å². The molecule has 1 aliphatic carbocycles. The monoisotopic (exact) mass is 377 g/mol. The average molecular weight is 377 g/mol. The lowest BCUT2D eigenvalue weighted by molar-refractivity contribution is -0.150. The molecule has 0 bridgehead atoms. The van der Waals surface area contributed by atoms with E-state index >= 15 is 0 Å². The summed E-state index contributed by atoms with van der Waals surface area (Å²) in [5.74, 6) is -0.499. The van der Waals surface area contributed by atoms with Gasteiger partial charge in [0.25, 0.3) is 5.91 Å². The van der Waals surface area contributed by atoms with Crippen molar-refractivity contribution in [1.29, 1.82) is 0 Å². The largest absolute Gasteiger partial charge is 0.432 e. The molecule has 1 saturated heterocycles. The van der Waals surface area contributed by atoms with E-state index in [1.807, 2.05) is 48.5 Å². The van der Waals surface area contributed by atoms with E-state index in [0.717, 1.165) is 29.5 Å². The Bertz CT molecular complexity index is 946. The van der Waals surface area contributed by atoms with Crippen LogP contribution >= 0.6 is 0 Å². The number of hydrogen-bond acceptors (Lipinski definition) is 4. The molecule has 28 heavy (non-hydrogen) atoms. The molecule has 2 atom stereocenters. The summed E-state index contributed by atoms with van der Waals surface area (Å²) < 4.78 is 0. The molecule has 1 N–H and O–H groups in total. The van der Waals surface area contributed by atoms with Gasteiger partial charge < -0.3 is 15.1 Å². The highest BCUT2D eigenvalue weighted by Crippen LogP contribution is 2.32. The summed E-state index contributed by atoms with van der Waals surface area (Å²) in [6.45, 7) is 0.336. The molecule has 1 fully saturated rings. The Labute approximate surface area is 161 Å². The van der Waals surface area contributed by atoms with Gasteiger partial charge in [0.15, 0.2) is 0 Å². The third-order valence-corrected chi connectivity index (χ3v) is 5.75. The number of nitrogens with zero attached hydrogens (tertiary/aromatic N) is 2. The minimum atomic E-state index is -0.791. The number of nitrogens with one attached hydrogen (secondary N) is 1. The van der Waals surface area contributed by atoms with Gasteiger partial charge in [-0.25, -0.2) is 9.59 Å². The lowest BCUT2D eigenvalue weighted by Gasteiger charge is -2.28. The van der Waals surface area contributed by atoms with Crippen LogP contribution in [-0.4, -0.2) is 34.0 Å². The Kier molecular flexibility index (Phi) is 3.82. The molecule has 7 heteroatoms. The van der Waals surface area contributed by atoms with Crippen molar-refractivity contribution in [3.8, 4) is 0 Å². The van der Waals surface area contributed by atoms with Crippen LogP contribution in [0.4, 0.5) is 9.59 Å². The minimum absolute atomic E-state index is 0.177. The molecule has 0 spiro atoms. The summed E-state index contributed by atoms with van der Waals surface area (Å²) >= 11 is 0. The van der Waals surface area contributed by atoms with E-state index in [2.05, 4.69) is 5.32 Å². The van der Waals surface area contributed by atoms with Crippen molar-refractivity contribution in [2.45, 2.75) is 37.9 Å². The molecule has 1 unspecified atom stereocenters. The Morgan fingerprint density at radius 3 is 2.54 bits per heavy atom. The van der Waals surface area contributed by atoms with Crippen molar-refractivity contribution >= 4 is 18.0 Å². The summed E-state index contributed by atoms with van der Waals surface area (Å²) in [7, 11) is 0. The topological polar surface area (TPSA) is 79.0 Å². The first-order chi connectivity index (χ1) is 13.6. The third-order valence-electron chi connectivity index (χ3n) is 5.75. The second-order valence-corrected chi connectivity index (χ2v) is 7.34. The van der Waals surface area contributed by atoms with Crippen molar-refractivity contribution in [1.82, 2.24) is 15.3 Å². The Morgan fingerprint density at radius 2 is 1.71 bits per heavy atom. The molecule has 2 heterocycles. The second-order valence-electron chi connectivity index (χ2n) is 7.34. The average Bonchev–Trinajstić information content (AvgIpc) is 3.21. The zero-order chi connectivity index (χ0) is 19.3. The van der Waals surface area contributed by atoms with Gasteiger partial charge in [0.2, 0.25) is 0 Å². The molecular formula is C21H19N3O4. The summed E-state index contributed by atoms with van der Waals surface area (Å²) in [5.41, 5.74) is 4.29. The Hall–Kier alpha value is -3.35. The van der Waals surface area contributed by atoms with E-state index in [1.165, 1.54) is 10.5 Å². The number of aryl methyl sites for hydroxylation is 1. The number of urea groups is 1. The highest BCUT2D eigenvalue weighted by molar-refractivity contribution is 6.04. The van der Waals surface area contributed by atoms with Crippen LogP contribution in [0.25, 0.3) is 0 Å². The predicted octanol–water partition coefficient (Wildman–Crippen LogP) is 2.70. The zero-order valence-corrected chi connectivity index (χ0v) is 15.1. The summed E-state index contributed by atoms with van der Waals surface area (Å²) in [6, 6.07) is 14.2. The van der Waals surface area contributed by atoms with Gasteiger partial charge in [-0.15, -0.1) is 0 Å². The van der Waals surface area contributed by atoms with Crippen molar-refractivity contribution < 1.29 is 19.2 Å². The Morgan fingerprint density at radius 1 is 1.00 bits per heavy atom. The van der Waals surface area contributed by atoms with Crippen LogP contribution < -0.4 is 5.32 Å². The van der Waals surface area contributed by atoms with Crippen LogP contribution in [-0.2, 0) is 29.0 Å². The van der Waals surface area contributed by atoms with Crippen molar-refractivity contribution in [3.05, 3.63) is 70.8 Å². The third kappa shape index (κ3) is 2.62. The summed E-state index contributed by atoms with van der Waals surface area (Å²) in [5, 5.41) is 3.38. The summed E-state index contributed by atoms with van der Waals surface area (Å²) in [6.07, 6.45) is 1.27. The van der Waals surface area contributed by atoms with Crippen LogP contribution in [0.2, 0.25) is 0 Å². The molecule has 3 aliphatic rings. The zero-order valence-electron chi connectivity index (χ0n) is 15.1. The molecule has 0 radical (unpaired) electrons. The fraction of sp³-hybridized carbons (Fsp3) is 0.286. The van der Waals surface area contributed by atoms with E-state index in [1.54, 1.807) is 0 Å². The van der Waals surface area contributed by atoms with Crippen LogP contribution in [0.5, 0.6) is 0 Å². The quantitative estimate of drug-likeness (QED) is 0.816. The smallest absolute Gasteiger partial charge is 0.313 e. The minimum Gasteiger partial charge on any atom is -0.313 e. The van der Waals surface area contributed by atoms with Crippen molar-refractivity contribution in [2.75, 3.05) is 0 Å². The maximum Gasteiger partial charge on any atom is 0.432 e. The molecule has 0 aromatic heterocycles. The number of hydrogen-bond donors (Lipinski definition) is 1. The molecule has 2 aliphatic heterocycles. The number of rotatable bonds is 2. The SMILES string of the molecule is O=C(NC1CCc2ccccc21)ON1C(=O)[C@H]2Cc3ccccc3CN2C1=O. The fourth-order valence-corrected chi connectivity index (χ4v) is 4.33. The van der Waals surface area contributed by atoms with Crippen LogP contribution in [0.1, 0.15) is 34.7 Å². The number of hydroxylamine groups is 2. The van der Waals surface area contributed by atoms with Gasteiger partial charge in [0, 0.05) is 13.0 Å². The molecule has 7 nitrogen and oxygen atoms in total. The molecule has 142 valence electrons. The number of imide groups is 1. The molecule has 4 amide bonds. The van der Waals surface area contributed by atoms with Gasteiger partial charge in [-0.1, -0.05) is 53.6 Å². The second kappa shape index (κ2) is 6.37. The number of amides is 4. The highest BCUT2D eigenvalue weighted by Gasteiger charge is 2.49. The maximum absolute atomic E-state index is 12.7. The first-order valence-corrected chi connectivity index (χ1v) is 9.39. The predicted molar refractivity (Wildman–Crippen MR) is 98.8 cm³/mol. The summed E-state index contributed by atoms with van der Waals surface area (Å²) in [4.78, 5) is 44.3. The van der Waals surface area contributed by atoms with Gasteiger partial charge in [0.1, 0.15) is 6.04 Å². The van der Waals surface area contributed by atoms with Gasteiger partial charge >= 0.3 is 12.1 Å². The van der Waals surface area contributed by atoms with Gasteiger partial charge in [-0.05, 0) is 35.1 Å². The van der Waals surface area contributed by atoms with Gasteiger partial charge in [0.05, 0.1) is 6.04 Å². The standard InChI is InChI=1S/C21H19N3O4/c25-19-18-11-14-6-1-2-7-15(14)12-23(18)21(27)24(19)28-20(26)22-17-10-9-13-5-3-4-8-16(13)17/h1-8,17-18H,9-12H2,(H,22,26)/t17?,18-/m1/s1. The number of benzene rings is 2. The normalized spacial score (nSPS) is 22.6. The van der Waals surface area contributed by atoms with Crippen LogP contribution in [0.3, 0.4) is 0 Å². The lowest BCUT2D eigenvalue weighted by atomic mass is 9.95. The van der Waals surface area contributed by atoms with Crippen molar-refractivity contribution in [2.24, 2.45) is 0 Å². The molecule has 5 rings (SSSR count). The van der Waals surface area contributed by atoms with E-state index in [9.17, 15) is 14.4 Å².